The molecule has 1 N–H and O–H groups in total. The summed E-state index contributed by atoms with van der Waals surface area (Å²) in [4.78, 5) is 11.0. The zero-order valence-electron chi connectivity index (χ0n) is 12.0. The largest absolute Gasteiger partial charge is 0.466 e. The Morgan fingerprint density at radius 2 is 1.83 bits per heavy atom. The minimum atomic E-state index is -4.70. The first-order valence-electron chi connectivity index (χ1n) is 6.82. The van der Waals surface area contributed by atoms with E-state index in [0.29, 0.717) is 0 Å². The Morgan fingerprint density at radius 3 is 2.46 bits per heavy atom. The predicted molar refractivity (Wildman–Crippen MR) is 77.5 cm³/mol. The van der Waals surface area contributed by atoms with Crippen molar-refractivity contribution in [3.63, 3.8) is 0 Å². The molecule has 0 saturated carbocycles. The van der Waals surface area contributed by atoms with E-state index in [1.54, 1.807) is 0 Å². The van der Waals surface area contributed by atoms with Gasteiger partial charge in [0.25, 0.3) is 5.91 Å². The number of alkyl halides is 3. The highest BCUT2D eigenvalue weighted by Gasteiger charge is 2.35. The number of nitrogens with zero attached hydrogens (tertiary/aromatic N) is 1. The van der Waals surface area contributed by atoms with E-state index < -0.39 is 23.5 Å². The van der Waals surface area contributed by atoms with Gasteiger partial charge in [0, 0.05) is 11.1 Å². The van der Waals surface area contributed by atoms with Gasteiger partial charge in [-0.3, -0.25) is 4.79 Å². The SMILES string of the molecule is O=C1COC(c2ccc(-c3ccccc3F)c(C(F)(F)F)c2)=NN1. The van der Waals surface area contributed by atoms with E-state index in [1.165, 1.54) is 24.3 Å². The number of hydrazone groups is 1. The molecule has 0 spiro atoms. The Labute approximate surface area is 133 Å². The molecule has 0 bridgehead atoms. The van der Waals surface area contributed by atoms with E-state index in [0.717, 1.165) is 18.2 Å². The van der Waals surface area contributed by atoms with Crippen molar-refractivity contribution in [1.82, 2.24) is 5.43 Å². The number of hydrogen-bond acceptors (Lipinski definition) is 3. The summed E-state index contributed by atoms with van der Waals surface area (Å²) in [6.07, 6.45) is -4.70. The summed E-state index contributed by atoms with van der Waals surface area (Å²) in [5.74, 6) is -1.40. The quantitative estimate of drug-likeness (QED) is 0.854. The van der Waals surface area contributed by atoms with Crippen LogP contribution in [-0.4, -0.2) is 18.4 Å². The molecule has 8 heteroatoms. The third-order valence-electron chi connectivity index (χ3n) is 3.36. The Kier molecular flexibility index (Phi) is 3.96. The fraction of sp³-hybridized carbons (Fsp3) is 0.125. The van der Waals surface area contributed by atoms with Crippen LogP contribution in [-0.2, 0) is 15.7 Å². The molecular weight excluding hydrogens is 328 g/mol. The van der Waals surface area contributed by atoms with Crippen LogP contribution in [0, 0.1) is 5.82 Å². The van der Waals surface area contributed by atoms with Gasteiger partial charge in [-0.25, -0.2) is 9.82 Å². The number of carbonyl (C=O) groups excluding carboxylic acids is 1. The highest BCUT2D eigenvalue weighted by Crippen LogP contribution is 2.38. The molecule has 0 radical (unpaired) electrons. The lowest BCUT2D eigenvalue weighted by molar-refractivity contribution is -0.137. The van der Waals surface area contributed by atoms with Crippen molar-refractivity contribution < 1.29 is 27.1 Å². The van der Waals surface area contributed by atoms with Gasteiger partial charge < -0.3 is 4.74 Å². The van der Waals surface area contributed by atoms with E-state index >= 15 is 0 Å². The third-order valence-corrected chi connectivity index (χ3v) is 3.36. The molecule has 1 heterocycles. The van der Waals surface area contributed by atoms with Gasteiger partial charge in [-0.1, -0.05) is 24.3 Å². The summed E-state index contributed by atoms with van der Waals surface area (Å²) < 4.78 is 59.1. The molecule has 24 heavy (non-hydrogen) atoms. The van der Waals surface area contributed by atoms with Gasteiger partial charge in [0.15, 0.2) is 6.61 Å². The molecule has 0 fully saturated rings. The normalized spacial score (nSPS) is 14.7. The Hall–Kier alpha value is -2.90. The standard InChI is InChI=1S/C16H10F4N2O2/c17-13-4-2-1-3-11(13)10-6-5-9(7-12(10)16(18,19)20)15-22-21-14(23)8-24-15/h1-7H,8H2,(H,21,23). The minimum Gasteiger partial charge on any atom is -0.466 e. The fourth-order valence-electron chi connectivity index (χ4n) is 2.29. The number of amides is 1. The molecule has 0 saturated heterocycles. The number of nitrogens with one attached hydrogen (secondary N) is 1. The van der Waals surface area contributed by atoms with Crippen molar-refractivity contribution in [2.75, 3.05) is 6.61 Å². The van der Waals surface area contributed by atoms with Crippen LogP contribution in [0.4, 0.5) is 17.6 Å². The van der Waals surface area contributed by atoms with Crippen LogP contribution in [0.15, 0.2) is 47.6 Å². The maximum Gasteiger partial charge on any atom is 0.417 e. The second-order valence-electron chi connectivity index (χ2n) is 4.98. The van der Waals surface area contributed by atoms with Crippen LogP contribution < -0.4 is 5.43 Å². The zero-order chi connectivity index (χ0) is 17.3. The van der Waals surface area contributed by atoms with Crippen LogP contribution in [0.1, 0.15) is 11.1 Å². The predicted octanol–water partition coefficient (Wildman–Crippen LogP) is 3.32. The lowest BCUT2D eigenvalue weighted by Crippen LogP contribution is -2.32. The third kappa shape index (κ3) is 3.08. The van der Waals surface area contributed by atoms with Crippen LogP contribution in [0.5, 0.6) is 0 Å². The number of ether oxygens (including phenoxy) is 1. The first kappa shape index (κ1) is 16.0. The van der Waals surface area contributed by atoms with Crippen LogP contribution in [0.2, 0.25) is 0 Å². The maximum absolute atomic E-state index is 13.9. The molecule has 1 aliphatic heterocycles. The minimum absolute atomic E-state index is 0.0300. The van der Waals surface area contributed by atoms with Gasteiger partial charge in [0.1, 0.15) is 5.82 Å². The van der Waals surface area contributed by atoms with Gasteiger partial charge in [-0.05, 0) is 23.8 Å². The fourth-order valence-corrected chi connectivity index (χ4v) is 2.29. The zero-order valence-corrected chi connectivity index (χ0v) is 12.0. The van der Waals surface area contributed by atoms with Crippen molar-refractivity contribution in [3.8, 4) is 11.1 Å². The summed E-state index contributed by atoms with van der Waals surface area (Å²) in [5, 5.41) is 3.58. The van der Waals surface area contributed by atoms with E-state index in [9.17, 15) is 22.4 Å². The number of benzene rings is 2. The number of rotatable bonds is 2. The average molecular weight is 338 g/mol. The number of carbonyl (C=O) groups is 1. The summed E-state index contributed by atoms with van der Waals surface area (Å²) in [6.45, 7) is -0.338. The molecule has 124 valence electrons. The first-order chi connectivity index (χ1) is 11.4. The average Bonchev–Trinajstić information content (AvgIpc) is 2.55. The second-order valence-corrected chi connectivity index (χ2v) is 4.98. The summed E-state index contributed by atoms with van der Waals surface area (Å²) in [7, 11) is 0. The monoisotopic (exact) mass is 338 g/mol. The Balaban J connectivity index is 2.12. The Morgan fingerprint density at radius 1 is 1.08 bits per heavy atom. The lowest BCUT2D eigenvalue weighted by Gasteiger charge is -2.17. The van der Waals surface area contributed by atoms with Crippen LogP contribution in [0.25, 0.3) is 11.1 Å². The van der Waals surface area contributed by atoms with Crippen LogP contribution >= 0.6 is 0 Å². The highest BCUT2D eigenvalue weighted by atomic mass is 19.4. The van der Waals surface area contributed by atoms with Crippen molar-refractivity contribution in [2.24, 2.45) is 5.10 Å². The summed E-state index contributed by atoms with van der Waals surface area (Å²) >= 11 is 0. The van der Waals surface area contributed by atoms with Gasteiger partial charge in [-0.15, -0.1) is 5.10 Å². The molecule has 0 aromatic heterocycles. The molecule has 3 rings (SSSR count). The molecule has 4 nitrogen and oxygen atoms in total. The van der Waals surface area contributed by atoms with Gasteiger partial charge >= 0.3 is 6.18 Å². The lowest BCUT2D eigenvalue weighted by atomic mass is 9.96. The number of halogens is 4. The van der Waals surface area contributed by atoms with Crippen molar-refractivity contribution in [2.45, 2.75) is 6.18 Å². The molecule has 1 amide bonds. The van der Waals surface area contributed by atoms with Gasteiger partial charge in [-0.2, -0.15) is 13.2 Å². The number of hydrogen-bond donors (Lipinski definition) is 1. The van der Waals surface area contributed by atoms with Crippen molar-refractivity contribution >= 4 is 11.8 Å². The summed E-state index contributed by atoms with van der Waals surface area (Å²) in [5.41, 5.74) is 0.693. The topological polar surface area (TPSA) is 50.7 Å². The van der Waals surface area contributed by atoms with E-state index in [1.807, 2.05) is 0 Å². The molecule has 0 aliphatic carbocycles. The van der Waals surface area contributed by atoms with E-state index in [4.69, 9.17) is 4.74 Å². The molecule has 1 aliphatic rings. The molecular formula is C16H10F4N2O2. The van der Waals surface area contributed by atoms with Crippen molar-refractivity contribution in [3.05, 3.63) is 59.4 Å². The van der Waals surface area contributed by atoms with Crippen molar-refractivity contribution in [1.29, 1.82) is 0 Å². The second kappa shape index (κ2) is 5.95. The van der Waals surface area contributed by atoms with E-state index in [-0.39, 0.29) is 29.2 Å². The molecule has 0 atom stereocenters. The molecule has 2 aromatic rings. The molecule has 0 unspecified atom stereocenters. The molecule has 2 aromatic carbocycles. The smallest absolute Gasteiger partial charge is 0.417 e. The van der Waals surface area contributed by atoms with Crippen LogP contribution in [0.3, 0.4) is 0 Å². The Bertz CT molecular complexity index is 831. The summed E-state index contributed by atoms with van der Waals surface area (Å²) in [6, 6.07) is 8.51. The van der Waals surface area contributed by atoms with Gasteiger partial charge in [0.2, 0.25) is 5.90 Å². The van der Waals surface area contributed by atoms with Gasteiger partial charge in [0.05, 0.1) is 5.56 Å². The van der Waals surface area contributed by atoms with E-state index in [2.05, 4.69) is 10.5 Å². The highest BCUT2D eigenvalue weighted by molar-refractivity contribution is 5.98. The maximum atomic E-state index is 13.9. The first-order valence-corrected chi connectivity index (χ1v) is 6.82.